The molecule has 0 fully saturated rings. The standard InChI is InChI=1S/C29H25N3O3/c1-19-3-5-23(6-4-19)28(34)31-26-13-7-21(8-14-26)22-9-15-27(16-10-22)32-29(35)24-11-17-25(18-12-24)30-20(2)33/h3-18H,1-2H3,(H,30,33)(H,31,34)(H,32,35). The molecule has 6 heteroatoms. The van der Waals surface area contributed by atoms with E-state index in [9.17, 15) is 14.4 Å². The van der Waals surface area contributed by atoms with E-state index in [4.69, 9.17) is 0 Å². The number of carbonyl (C=O) groups is 3. The SMILES string of the molecule is CC(=O)Nc1ccc(C(=O)Nc2ccc(-c3ccc(NC(=O)c4ccc(C)cc4)cc3)cc2)cc1. The van der Waals surface area contributed by atoms with Crippen molar-refractivity contribution in [1.82, 2.24) is 0 Å². The van der Waals surface area contributed by atoms with Crippen molar-refractivity contribution < 1.29 is 14.4 Å². The lowest BCUT2D eigenvalue weighted by molar-refractivity contribution is -0.114. The zero-order valence-electron chi connectivity index (χ0n) is 19.5. The summed E-state index contributed by atoms with van der Waals surface area (Å²) in [7, 11) is 0. The van der Waals surface area contributed by atoms with Gasteiger partial charge in [0.05, 0.1) is 0 Å². The number of benzene rings is 4. The summed E-state index contributed by atoms with van der Waals surface area (Å²) in [4.78, 5) is 36.0. The molecule has 0 bridgehead atoms. The molecule has 4 aromatic carbocycles. The highest BCUT2D eigenvalue weighted by molar-refractivity contribution is 6.05. The maximum atomic E-state index is 12.5. The molecule has 0 aliphatic carbocycles. The molecule has 6 nitrogen and oxygen atoms in total. The molecule has 174 valence electrons. The molecule has 0 saturated carbocycles. The van der Waals surface area contributed by atoms with Crippen LogP contribution in [0.2, 0.25) is 0 Å². The van der Waals surface area contributed by atoms with Crippen molar-refractivity contribution in [2.45, 2.75) is 13.8 Å². The molecule has 0 atom stereocenters. The van der Waals surface area contributed by atoms with E-state index in [2.05, 4.69) is 16.0 Å². The normalized spacial score (nSPS) is 10.3. The number of hydrogen-bond donors (Lipinski definition) is 3. The zero-order chi connectivity index (χ0) is 24.8. The van der Waals surface area contributed by atoms with Gasteiger partial charge in [-0.2, -0.15) is 0 Å². The molecule has 0 aliphatic heterocycles. The largest absolute Gasteiger partial charge is 0.326 e. The van der Waals surface area contributed by atoms with Gasteiger partial charge in [-0.1, -0.05) is 42.0 Å². The van der Waals surface area contributed by atoms with Gasteiger partial charge in [0, 0.05) is 35.1 Å². The van der Waals surface area contributed by atoms with Crippen LogP contribution in [-0.4, -0.2) is 17.7 Å². The fourth-order valence-electron chi connectivity index (χ4n) is 3.51. The van der Waals surface area contributed by atoms with Crippen LogP contribution in [0.3, 0.4) is 0 Å². The number of anilines is 3. The van der Waals surface area contributed by atoms with Crippen LogP contribution in [-0.2, 0) is 4.79 Å². The Morgan fingerprint density at radius 1 is 0.486 bits per heavy atom. The third-order valence-corrected chi connectivity index (χ3v) is 5.40. The van der Waals surface area contributed by atoms with Crippen LogP contribution < -0.4 is 16.0 Å². The maximum absolute atomic E-state index is 12.5. The highest BCUT2D eigenvalue weighted by Gasteiger charge is 2.08. The van der Waals surface area contributed by atoms with E-state index in [1.807, 2.05) is 67.6 Å². The van der Waals surface area contributed by atoms with Crippen molar-refractivity contribution in [2.24, 2.45) is 0 Å². The second kappa shape index (κ2) is 10.5. The van der Waals surface area contributed by atoms with Gasteiger partial charge < -0.3 is 16.0 Å². The maximum Gasteiger partial charge on any atom is 0.255 e. The molecule has 0 spiro atoms. The number of nitrogens with one attached hydrogen (secondary N) is 3. The van der Waals surface area contributed by atoms with E-state index in [0.717, 1.165) is 16.7 Å². The van der Waals surface area contributed by atoms with E-state index in [1.54, 1.807) is 36.4 Å². The van der Waals surface area contributed by atoms with Gasteiger partial charge in [-0.25, -0.2) is 0 Å². The molecule has 0 heterocycles. The molecule has 0 aliphatic rings. The summed E-state index contributed by atoms with van der Waals surface area (Å²) in [6.07, 6.45) is 0. The Morgan fingerprint density at radius 2 is 0.829 bits per heavy atom. The lowest BCUT2D eigenvalue weighted by Gasteiger charge is -2.09. The van der Waals surface area contributed by atoms with Crippen LogP contribution in [0.25, 0.3) is 11.1 Å². The molecule has 0 saturated heterocycles. The number of aryl methyl sites for hydroxylation is 1. The van der Waals surface area contributed by atoms with Crippen LogP contribution in [0, 0.1) is 6.92 Å². The molecule has 4 rings (SSSR count). The Labute approximate surface area is 204 Å². The summed E-state index contributed by atoms with van der Waals surface area (Å²) in [6.45, 7) is 3.42. The average molecular weight is 464 g/mol. The van der Waals surface area contributed by atoms with Gasteiger partial charge in [0.25, 0.3) is 11.8 Å². The first-order chi connectivity index (χ1) is 16.9. The molecule has 0 aromatic heterocycles. The first-order valence-corrected chi connectivity index (χ1v) is 11.1. The van der Waals surface area contributed by atoms with Crippen LogP contribution in [0.15, 0.2) is 97.1 Å². The summed E-state index contributed by atoms with van der Waals surface area (Å²) in [6, 6.07) is 29.3. The number of amides is 3. The summed E-state index contributed by atoms with van der Waals surface area (Å²) < 4.78 is 0. The minimum absolute atomic E-state index is 0.150. The zero-order valence-corrected chi connectivity index (χ0v) is 19.5. The second-order valence-corrected chi connectivity index (χ2v) is 8.19. The Hall–Kier alpha value is -4.71. The molecular formula is C29H25N3O3. The monoisotopic (exact) mass is 463 g/mol. The molecule has 3 N–H and O–H groups in total. The fraction of sp³-hybridized carbons (Fsp3) is 0.0690. The van der Waals surface area contributed by atoms with E-state index in [1.165, 1.54) is 6.92 Å². The number of carbonyl (C=O) groups excluding carboxylic acids is 3. The van der Waals surface area contributed by atoms with Crippen LogP contribution in [0.5, 0.6) is 0 Å². The van der Waals surface area contributed by atoms with E-state index < -0.39 is 0 Å². The van der Waals surface area contributed by atoms with Crippen molar-refractivity contribution in [3.8, 4) is 11.1 Å². The van der Waals surface area contributed by atoms with E-state index in [0.29, 0.717) is 28.2 Å². The number of rotatable bonds is 6. The van der Waals surface area contributed by atoms with Gasteiger partial charge in [0.1, 0.15) is 0 Å². The van der Waals surface area contributed by atoms with Gasteiger partial charge in [0.2, 0.25) is 5.91 Å². The van der Waals surface area contributed by atoms with Gasteiger partial charge in [-0.3, -0.25) is 14.4 Å². The minimum Gasteiger partial charge on any atom is -0.326 e. The molecule has 4 aromatic rings. The van der Waals surface area contributed by atoms with Gasteiger partial charge in [-0.15, -0.1) is 0 Å². The summed E-state index contributed by atoms with van der Waals surface area (Å²) in [5.41, 5.74) is 6.21. The smallest absolute Gasteiger partial charge is 0.255 e. The first-order valence-electron chi connectivity index (χ1n) is 11.1. The van der Waals surface area contributed by atoms with Crippen molar-refractivity contribution in [2.75, 3.05) is 16.0 Å². The average Bonchev–Trinajstić information content (AvgIpc) is 2.85. The summed E-state index contributed by atoms with van der Waals surface area (Å²) in [5, 5.41) is 8.45. The van der Waals surface area contributed by atoms with Crippen molar-refractivity contribution in [1.29, 1.82) is 0 Å². The van der Waals surface area contributed by atoms with E-state index >= 15 is 0 Å². The molecular weight excluding hydrogens is 438 g/mol. The van der Waals surface area contributed by atoms with Gasteiger partial charge in [-0.05, 0) is 78.7 Å². The molecule has 0 radical (unpaired) electrons. The topological polar surface area (TPSA) is 87.3 Å². The lowest BCUT2D eigenvalue weighted by Crippen LogP contribution is -2.12. The predicted molar refractivity (Wildman–Crippen MR) is 140 cm³/mol. The predicted octanol–water partition coefficient (Wildman–Crippen LogP) is 6.13. The molecule has 35 heavy (non-hydrogen) atoms. The second-order valence-electron chi connectivity index (χ2n) is 8.19. The van der Waals surface area contributed by atoms with Gasteiger partial charge in [0.15, 0.2) is 0 Å². The lowest BCUT2D eigenvalue weighted by atomic mass is 10.0. The Bertz CT molecular complexity index is 1340. The molecule has 3 amide bonds. The number of hydrogen-bond acceptors (Lipinski definition) is 3. The highest BCUT2D eigenvalue weighted by atomic mass is 16.2. The Morgan fingerprint density at radius 3 is 1.23 bits per heavy atom. The van der Waals surface area contributed by atoms with Crippen LogP contribution in [0.4, 0.5) is 17.1 Å². The van der Waals surface area contributed by atoms with Crippen molar-refractivity contribution >= 4 is 34.8 Å². The third-order valence-electron chi connectivity index (χ3n) is 5.40. The first kappa shape index (κ1) is 23.4. The van der Waals surface area contributed by atoms with E-state index in [-0.39, 0.29) is 17.7 Å². The third kappa shape index (κ3) is 6.21. The van der Waals surface area contributed by atoms with Crippen LogP contribution in [0.1, 0.15) is 33.2 Å². The minimum atomic E-state index is -0.235. The highest BCUT2D eigenvalue weighted by Crippen LogP contribution is 2.24. The van der Waals surface area contributed by atoms with Crippen LogP contribution >= 0.6 is 0 Å². The molecule has 0 unspecified atom stereocenters. The van der Waals surface area contributed by atoms with Crippen molar-refractivity contribution in [3.63, 3.8) is 0 Å². The Balaban J connectivity index is 1.36. The van der Waals surface area contributed by atoms with Gasteiger partial charge >= 0.3 is 0 Å². The summed E-state index contributed by atoms with van der Waals surface area (Å²) >= 11 is 0. The fourth-order valence-corrected chi connectivity index (χ4v) is 3.51. The quantitative estimate of drug-likeness (QED) is 0.322. The van der Waals surface area contributed by atoms with Crippen molar-refractivity contribution in [3.05, 3.63) is 114 Å². The Kier molecular flexibility index (Phi) is 7.02. The summed E-state index contributed by atoms with van der Waals surface area (Å²) in [5.74, 6) is -0.549.